The molecule has 2 unspecified atom stereocenters. The van der Waals surface area contributed by atoms with E-state index in [-0.39, 0.29) is 12.4 Å². The molecule has 0 aliphatic heterocycles. The molecule has 8 nitrogen and oxygen atoms in total. The van der Waals surface area contributed by atoms with Gasteiger partial charge in [-0.1, -0.05) is 23.7 Å². The van der Waals surface area contributed by atoms with Crippen LogP contribution in [0, 0.1) is 11.8 Å². The third-order valence-electron chi connectivity index (χ3n) is 7.75. The highest BCUT2D eigenvalue weighted by Crippen LogP contribution is 2.44. The number of benzene rings is 2. The molecular formula is C28H27F3N4O4S. The fourth-order valence-electron chi connectivity index (χ4n) is 5.73. The molecule has 4 aromatic rings. The molecule has 2 aromatic carbocycles. The number of nitrogens with one attached hydrogen (secondary N) is 2. The smallest absolute Gasteiger partial charge is 0.439 e. The van der Waals surface area contributed by atoms with Crippen molar-refractivity contribution in [2.24, 2.45) is 11.8 Å². The Labute approximate surface area is 231 Å². The van der Waals surface area contributed by atoms with Gasteiger partial charge >= 0.3 is 11.9 Å². The molecule has 210 valence electrons. The van der Waals surface area contributed by atoms with Crippen LogP contribution in [-0.4, -0.2) is 28.3 Å². The van der Waals surface area contributed by atoms with Crippen molar-refractivity contribution in [3.05, 3.63) is 69.1 Å². The number of ether oxygens (including phenoxy) is 2. The van der Waals surface area contributed by atoms with Gasteiger partial charge in [-0.15, -0.1) is 11.3 Å². The number of nitrogens with zero attached hydrogens (tertiary/aromatic N) is 2. The Morgan fingerprint density at radius 2 is 1.98 bits per heavy atom. The zero-order chi connectivity index (χ0) is 27.9. The second kappa shape index (κ2) is 10.7. The van der Waals surface area contributed by atoms with Crippen LogP contribution in [0.3, 0.4) is 0 Å². The van der Waals surface area contributed by atoms with Crippen molar-refractivity contribution in [3.8, 4) is 33.5 Å². The number of rotatable bonds is 9. The highest BCUT2D eigenvalue weighted by atomic mass is 32.1. The standard InChI is InChI=1S/C28H27F3N4O4S/c1-37-23-12-19(8-9-20(23)25-34-27(36)39-35-25)38-14-24-22(13-32-21-11-15-2-3-17(21)10-15)33-26(40-24)16-4-6-18(7-5-16)28(29,30)31/h4-9,12,15,17,21,32H,2-3,10-11,13-14H2,1H3,(H,34,35,36)/t15?,17?,21-/m1/s1. The molecule has 2 N–H and O–H groups in total. The van der Waals surface area contributed by atoms with Crippen LogP contribution < -0.4 is 20.5 Å². The van der Waals surface area contributed by atoms with Crippen molar-refractivity contribution >= 4 is 11.3 Å². The van der Waals surface area contributed by atoms with Gasteiger partial charge in [-0.05, 0) is 55.4 Å². The van der Waals surface area contributed by atoms with Gasteiger partial charge in [-0.2, -0.15) is 13.2 Å². The minimum atomic E-state index is -4.39. The SMILES string of the molecule is COc1cc(OCc2sc(-c3ccc(C(F)(F)F)cc3)nc2CN[C@@H]2CC3CCC2C3)ccc1-c1noc(=O)[nH]1. The van der Waals surface area contributed by atoms with E-state index >= 15 is 0 Å². The van der Waals surface area contributed by atoms with Crippen LogP contribution in [0.25, 0.3) is 22.0 Å². The lowest BCUT2D eigenvalue weighted by Gasteiger charge is -2.22. The molecule has 2 aromatic heterocycles. The van der Waals surface area contributed by atoms with Crippen LogP contribution in [0.1, 0.15) is 41.8 Å². The number of methoxy groups -OCH3 is 1. The Bertz CT molecular complexity index is 1550. The summed E-state index contributed by atoms with van der Waals surface area (Å²) in [6.45, 7) is 0.779. The average molecular weight is 573 g/mol. The average Bonchev–Trinajstić information content (AvgIpc) is 3.75. The minimum Gasteiger partial charge on any atom is -0.496 e. The van der Waals surface area contributed by atoms with Crippen molar-refractivity contribution in [1.29, 1.82) is 0 Å². The molecule has 0 amide bonds. The maximum Gasteiger partial charge on any atom is 0.439 e. The van der Waals surface area contributed by atoms with Crippen LogP contribution in [-0.2, 0) is 19.3 Å². The van der Waals surface area contributed by atoms with Crippen LogP contribution in [0.2, 0.25) is 0 Å². The van der Waals surface area contributed by atoms with Gasteiger partial charge in [0.15, 0.2) is 5.82 Å². The number of H-pyrrole nitrogens is 1. The molecule has 0 radical (unpaired) electrons. The predicted molar refractivity (Wildman–Crippen MR) is 142 cm³/mol. The summed E-state index contributed by atoms with van der Waals surface area (Å²) < 4.78 is 55.4. The predicted octanol–water partition coefficient (Wildman–Crippen LogP) is 6.04. The van der Waals surface area contributed by atoms with Gasteiger partial charge in [-0.3, -0.25) is 9.51 Å². The van der Waals surface area contributed by atoms with Gasteiger partial charge < -0.3 is 14.8 Å². The van der Waals surface area contributed by atoms with Crippen molar-refractivity contribution in [1.82, 2.24) is 20.4 Å². The van der Waals surface area contributed by atoms with Gasteiger partial charge in [0.25, 0.3) is 0 Å². The Morgan fingerprint density at radius 1 is 1.15 bits per heavy atom. The molecule has 2 heterocycles. The second-order valence-electron chi connectivity index (χ2n) is 10.2. The van der Waals surface area contributed by atoms with E-state index in [4.69, 9.17) is 14.5 Å². The van der Waals surface area contributed by atoms with E-state index in [1.807, 2.05) is 0 Å². The summed E-state index contributed by atoms with van der Waals surface area (Å²) >= 11 is 1.41. The molecule has 0 spiro atoms. The number of aromatic nitrogens is 3. The Hall–Kier alpha value is -3.64. The molecule has 40 heavy (non-hydrogen) atoms. The molecule has 3 atom stereocenters. The molecule has 0 saturated heterocycles. The molecule has 2 bridgehead atoms. The number of aromatic amines is 1. The first-order valence-corrected chi connectivity index (χ1v) is 13.9. The van der Waals surface area contributed by atoms with Crippen molar-refractivity contribution in [3.63, 3.8) is 0 Å². The maximum absolute atomic E-state index is 13.1. The zero-order valence-electron chi connectivity index (χ0n) is 21.6. The second-order valence-corrected chi connectivity index (χ2v) is 11.3. The molecule has 2 aliphatic rings. The molecule has 6 rings (SSSR count). The van der Waals surface area contributed by atoms with Gasteiger partial charge in [0.1, 0.15) is 23.1 Å². The van der Waals surface area contributed by atoms with Crippen LogP contribution in [0.5, 0.6) is 11.5 Å². The lowest BCUT2D eigenvalue weighted by atomic mass is 9.95. The molecule has 12 heteroatoms. The third kappa shape index (κ3) is 5.50. The largest absolute Gasteiger partial charge is 0.496 e. The lowest BCUT2D eigenvalue weighted by molar-refractivity contribution is -0.137. The van der Waals surface area contributed by atoms with Crippen molar-refractivity contribution in [2.75, 3.05) is 7.11 Å². The summed E-state index contributed by atoms with van der Waals surface area (Å²) in [4.78, 5) is 19.5. The van der Waals surface area contributed by atoms with Crippen molar-refractivity contribution in [2.45, 2.75) is 51.1 Å². The summed E-state index contributed by atoms with van der Waals surface area (Å²) in [6.07, 6.45) is 0.630. The topological polar surface area (TPSA) is 102 Å². The molecule has 2 saturated carbocycles. The van der Waals surface area contributed by atoms with E-state index in [0.29, 0.717) is 46.1 Å². The first kappa shape index (κ1) is 26.6. The fourth-order valence-corrected chi connectivity index (χ4v) is 6.73. The summed E-state index contributed by atoms with van der Waals surface area (Å²) in [6, 6.07) is 10.7. The van der Waals surface area contributed by atoms with E-state index < -0.39 is 17.5 Å². The van der Waals surface area contributed by atoms with E-state index in [2.05, 4.69) is 20.0 Å². The fraction of sp³-hybridized carbons (Fsp3) is 0.393. The maximum atomic E-state index is 13.1. The molecular weight excluding hydrogens is 545 g/mol. The first-order chi connectivity index (χ1) is 19.3. The summed E-state index contributed by atoms with van der Waals surface area (Å²) in [5, 5.41) is 8.03. The number of fused-ring (bicyclic) bond motifs is 2. The van der Waals surface area contributed by atoms with Crippen molar-refractivity contribution < 1.29 is 27.2 Å². The van der Waals surface area contributed by atoms with Crippen LogP contribution in [0.15, 0.2) is 51.8 Å². The Kier molecular flexibility index (Phi) is 7.13. The number of thiazole rings is 1. The minimum absolute atomic E-state index is 0.218. The van der Waals surface area contributed by atoms with E-state index in [0.717, 1.165) is 28.6 Å². The molecule has 2 fully saturated rings. The number of hydrogen-bond acceptors (Lipinski definition) is 8. The summed E-state index contributed by atoms with van der Waals surface area (Å²) in [7, 11) is 1.50. The third-order valence-corrected chi connectivity index (χ3v) is 8.87. The van der Waals surface area contributed by atoms with Crippen LogP contribution >= 0.6 is 11.3 Å². The summed E-state index contributed by atoms with van der Waals surface area (Å²) in [5.41, 5.74) is 1.30. The highest BCUT2D eigenvalue weighted by Gasteiger charge is 2.39. The van der Waals surface area contributed by atoms with Gasteiger partial charge in [-0.25, -0.2) is 9.78 Å². The quantitative estimate of drug-likeness (QED) is 0.252. The van der Waals surface area contributed by atoms with E-state index in [9.17, 15) is 18.0 Å². The van der Waals surface area contributed by atoms with Gasteiger partial charge in [0, 0.05) is 24.2 Å². The van der Waals surface area contributed by atoms with E-state index in [1.165, 1.54) is 56.3 Å². The Balaban J connectivity index is 1.22. The first-order valence-electron chi connectivity index (χ1n) is 13.0. The monoisotopic (exact) mass is 572 g/mol. The van der Waals surface area contributed by atoms with Gasteiger partial charge in [0.2, 0.25) is 0 Å². The summed E-state index contributed by atoms with van der Waals surface area (Å²) in [5.74, 6) is 2.04. The van der Waals surface area contributed by atoms with E-state index in [1.54, 1.807) is 18.2 Å². The normalized spacial score (nSPS) is 20.2. The number of halogens is 3. The lowest BCUT2D eigenvalue weighted by Crippen LogP contribution is -2.33. The van der Waals surface area contributed by atoms with Crippen LogP contribution in [0.4, 0.5) is 13.2 Å². The highest BCUT2D eigenvalue weighted by molar-refractivity contribution is 7.15. The van der Waals surface area contributed by atoms with Gasteiger partial charge in [0.05, 0.1) is 28.8 Å². The number of alkyl halides is 3. The Morgan fingerprint density at radius 3 is 2.62 bits per heavy atom. The number of hydrogen-bond donors (Lipinski definition) is 2. The zero-order valence-corrected chi connectivity index (χ0v) is 22.4. The molecule has 2 aliphatic carbocycles.